The number of carboxylic acid groups (broad SMARTS) is 1. The fourth-order valence-corrected chi connectivity index (χ4v) is 3.53. The molecular weight excluding hydrogens is 356 g/mol. The zero-order chi connectivity index (χ0) is 18.7. The van der Waals surface area contributed by atoms with Crippen molar-refractivity contribution in [3.8, 4) is 5.75 Å². The van der Waals surface area contributed by atoms with Gasteiger partial charge in [0.15, 0.2) is 5.65 Å². The summed E-state index contributed by atoms with van der Waals surface area (Å²) in [7, 11) is 0. The normalized spacial score (nSPS) is 12.0. The Labute approximate surface area is 152 Å². The lowest BCUT2D eigenvalue weighted by Crippen LogP contribution is -2.29. The van der Waals surface area contributed by atoms with Crippen LogP contribution in [0.4, 0.5) is 0 Å². The van der Waals surface area contributed by atoms with Crippen LogP contribution in [-0.4, -0.2) is 43.2 Å². The molecule has 0 bridgehead atoms. The van der Waals surface area contributed by atoms with Crippen LogP contribution in [0.2, 0.25) is 0 Å². The van der Waals surface area contributed by atoms with Crippen LogP contribution in [0.3, 0.4) is 0 Å². The highest BCUT2D eigenvalue weighted by Gasteiger charge is 2.22. The standard InChI is InChI=1S/C17H16N4O4S/c1-10(11-5-3-2-4-6-11)26-13-7-12(22)15(16-19-9-20-21(13)16)17(25)18-8-14(23)24/h2-7,9-10,22H,8H2,1H3,(H,18,25)(H,23,24). The Morgan fingerprint density at radius 2 is 2.04 bits per heavy atom. The van der Waals surface area contributed by atoms with Gasteiger partial charge in [-0.25, -0.2) is 9.50 Å². The molecular formula is C17H16N4O4S. The maximum absolute atomic E-state index is 12.2. The second-order valence-electron chi connectivity index (χ2n) is 5.49. The second-order valence-corrected chi connectivity index (χ2v) is 6.85. The lowest BCUT2D eigenvalue weighted by atomic mass is 10.2. The number of hydrogen-bond acceptors (Lipinski definition) is 6. The zero-order valence-corrected chi connectivity index (χ0v) is 14.6. The molecule has 0 aliphatic heterocycles. The van der Waals surface area contributed by atoms with Gasteiger partial charge in [0.05, 0.1) is 0 Å². The molecule has 3 N–H and O–H groups in total. The molecule has 1 amide bonds. The Bertz CT molecular complexity index is 958. The molecule has 26 heavy (non-hydrogen) atoms. The van der Waals surface area contributed by atoms with Crippen molar-refractivity contribution in [1.29, 1.82) is 0 Å². The summed E-state index contributed by atoms with van der Waals surface area (Å²) in [5, 5.41) is 26.0. The second kappa shape index (κ2) is 7.44. The Balaban J connectivity index is 1.94. The molecule has 134 valence electrons. The predicted octanol–water partition coefficient (Wildman–Crippen LogP) is 2.10. The van der Waals surface area contributed by atoms with Crippen molar-refractivity contribution >= 4 is 29.3 Å². The van der Waals surface area contributed by atoms with Crippen molar-refractivity contribution in [2.75, 3.05) is 6.54 Å². The Kier molecular flexibility index (Phi) is 5.08. The molecule has 0 aliphatic rings. The van der Waals surface area contributed by atoms with Gasteiger partial charge in [-0.15, -0.1) is 0 Å². The number of carboxylic acids is 1. The number of fused-ring (bicyclic) bond motifs is 1. The number of carbonyl (C=O) groups is 2. The van der Waals surface area contributed by atoms with Crippen molar-refractivity contribution in [2.24, 2.45) is 0 Å². The lowest BCUT2D eigenvalue weighted by molar-refractivity contribution is -0.135. The van der Waals surface area contributed by atoms with Crippen LogP contribution in [0.25, 0.3) is 5.65 Å². The van der Waals surface area contributed by atoms with E-state index in [9.17, 15) is 14.7 Å². The third-order valence-electron chi connectivity index (χ3n) is 3.69. The average Bonchev–Trinajstić information content (AvgIpc) is 3.10. The minimum Gasteiger partial charge on any atom is -0.507 e. The van der Waals surface area contributed by atoms with Crippen LogP contribution in [0.5, 0.6) is 5.75 Å². The van der Waals surface area contributed by atoms with Crippen molar-refractivity contribution in [2.45, 2.75) is 17.2 Å². The number of nitrogens with zero attached hydrogens (tertiary/aromatic N) is 3. The molecule has 8 nitrogen and oxygen atoms in total. The summed E-state index contributed by atoms with van der Waals surface area (Å²) < 4.78 is 1.46. The van der Waals surface area contributed by atoms with Crippen LogP contribution in [0, 0.1) is 0 Å². The molecule has 0 saturated carbocycles. The SMILES string of the molecule is CC(Sc1cc(O)c(C(=O)NCC(=O)O)c2ncnn12)c1ccccc1. The molecule has 2 heterocycles. The minimum atomic E-state index is -1.18. The van der Waals surface area contributed by atoms with Gasteiger partial charge in [-0.05, 0) is 12.5 Å². The van der Waals surface area contributed by atoms with E-state index in [2.05, 4.69) is 15.4 Å². The van der Waals surface area contributed by atoms with Crippen LogP contribution in [-0.2, 0) is 4.79 Å². The number of nitrogens with one attached hydrogen (secondary N) is 1. The maximum Gasteiger partial charge on any atom is 0.322 e. The molecule has 3 aromatic rings. The number of thioether (sulfide) groups is 1. The van der Waals surface area contributed by atoms with Gasteiger partial charge < -0.3 is 15.5 Å². The summed E-state index contributed by atoms with van der Waals surface area (Å²) in [6.07, 6.45) is 1.28. The molecule has 3 rings (SSSR count). The molecule has 2 aromatic heterocycles. The number of pyridine rings is 1. The van der Waals surface area contributed by atoms with Gasteiger partial charge in [0.25, 0.3) is 5.91 Å². The van der Waals surface area contributed by atoms with Crippen molar-refractivity contribution in [3.05, 3.63) is 53.9 Å². The number of aromatic nitrogens is 3. The number of hydrogen-bond donors (Lipinski definition) is 3. The maximum atomic E-state index is 12.2. The summed E-state index contributed by atoms with van der Waals surface area (Å²) in [4.78, 5) is 26.9. The largest absolute Gasteiger partial charge is 0.507 e. The van der Waals surface area contributed by atoms with Gasteiger partial charge in [0.2, 0.25) is 0 Å². The highest BCUT2D eigenvalue weighted by Crippen LogP contribution is 2.37. The summed E-state index contributed by atoms with van der Waals surface area (Å²) in [5.41, 5.74) is 1.16. The summed E-state index contributed by atoms with van der Waals surface area (Å²) in [6, 6.07) is 11.3. The molecule has 1 aromatic carbocycles. The molecule has 0 spiro atoms. The van der Waals surface area contributed by atoms with E-state index >= 15 is 0 Å². The van der Waals surface area contributed by atoms with Crippen LogP contribution in [0.15, 0.2) is 47.8 Å². The van der Waals surface area contributed by atoms with Crippen molar-refractivity contribution in [1.82, 2.24) is 19.9 Å². The van der Waals surface area contributed by atoms with Crippen LogP contribution >= 0.6 is 11.8 Å². The van der Waals surface area contributed by atoms with Gasteiger partial charge in [-0.2, -0.15) is 5.10 Å². The van der Waals surface area contributed by atoms with E-state index < -0.39 is 18.4 Å². The Hall–Kier alpha value is -3.07. The summed E-state index contributed by atoms with van der Waals surface area (Å²) >= 11 is 1.46. The molecule has 0 aliphatic carbocycles. The lowest BCUT2D eigenvalue weighted by Gasteiger charge is -2.14. The predicted molar refractivity (Wildman–Crippen MR) is 95.3 cm³/mol. The van der Waals surface area contributed by atoms with Gasteiger partial charge in [0, 0.05) is 11.3 Å². The first-order valence-electron chi connectivity index (χ1n) is 7.74. The van der Waals surface area contributed by atoms with E-state index in [1.807, 2.05) is 37.3 Å². The van der Waals surface area contributed by atoms with Gasteiger partial charge in [0.1, 0.15) is 29.2 Å². The molecule has 0 radical (unpaired) electrons. The average molecular weight is 372 g/mol. The highest BCUT2D eigenvalue weighted by molar-refractivity contribution is 7.99. The quantitative estimate of drug-likeness (QED) is 0.567. The van der Waals surface area contributed by atoms with Gasteiger partial charge in [-0.1, -0.05) is 42.1 Å². The topological polar surface area (TPSA) is 117 Å². The molecule has 1 unspecified atom stereocenters. The molecule has 1 atom stereocenters. The minimum absolute atomic E-state index is 0.0784. The number of aliphatic carboxylic acids is 1. The van der Waals surface area contributed by atoms with E-state index in [0.717, 1.165) is 5.56 Å². The monoisotopic (exact) mass is 372 g/mol. The first-order valence-corrected chi connectivity index (χ1v) is 8.62. The number of carbonyl (C=O) groups excluding carboxylic acids is 1. The number of amides is 1. The first-order chi connectivity index (χ1) is 12.5. The van der Waals surface area contributed by atoms with Gasteiger partial charge in [-0.3, -0.25) is 9.59 Å². The number of rotatable bonds is 6. The summed E-state index contributed by atoms with van der Waals surface area (Å²) in [5.74, 6) is -2.19. The highest BCUT2D eigenvalue weighted by atomic mass is 32.2. The smallest absolute Gasteiger partial charge is 0.322 e. The molecule has 0 fully saturated rings. The third-order valence-corrected chi connectivity index (χ3v) is 4.85. The van der Waals surface area contributed by atoms with E-state index in [0.29, 0.717) is 5.03 Å². The zero-order valence-electron chi connectivity index (χ0n) is 13.8. The fourth-order valence-electron chi connectivity index (χ4n) is 2.46. The van der Waals surface area contributed by atoms with E-state index in [4.69, 9.17) is 5.11 Å². The fraction of sp³-hybridized carbons (Fsp3) is 0.176. The van der Waals surface area contributed by atoms with Crippen molar-refractivity contribution < 1.29 is 19.8 Å². The van der Waals surface area contributed by atoms with E-state index in [-0.39, 0.29) is 22.2 Å². The Morgan fingerprint density at radius 3 is 2.73 bits per heavy atom. The summed E-state index contributed by atoms with van der Waals surface area (Å²) in [6.45, 7) is 1.47. The van der Waals surface area contributed by atoms with Crippen LogP contribution in [0.1, 0.15) is 28.1 Å². The van der Waals surface area contributed by atoms with Crippen molar-refractivity contribution in [3.63, 3.8) is 0 Å². The van der Waals surface area contributed by atoms with Gasteiger partial charge >= 0.3 is 5.97 Å². The van der Waals surface area contributed by atoms with E-state index in [1.54, 1.807) is 0 Å². The van der Waals surface area contributed by atoms with E-state index in [1.165, 1.54) is 28.7 Å². The molecule has 0 saturated heterocycles. The number of benzene rings is 1. The van der Waals surface area contributed by atoms with Crippen LogP contribution < -0.4 is 5.32 Å². The Morgan fingerprint density at radius 1 is 1.31 bits per heavy atom. The molecule has 9 heteroatoms. The first kappa shape index (κ1) is 17.7. The third kappa shape index (κ3) is 3.62. The number of aromatic hydroxyl groups is 1.